The van der Waals surface area contributed by atoms with Crippen LogP contribution in [0, 0.1) is 11.3 Å². The molecule has 3 rings (SSSR count). The van der Waals surface area contributed by atoms with Gasteiger partial charge in [0, 0.05) is 24.7 Å². The molecule has 2 amide bonds. The maximum absolute atomic E-state index is 12.2. The van der Waals surface area contributed by atoms with Crippen LogP contribution in [-0.4, -0.2) is 41.6 Å². The van der Waals surface area contributed by atoms with Crippen LogP contribution >= 0.6 is 11.6 Å². The molecular formula is C17H21ClN2O3. The van der Waals surface area contributed by atoms with E-state index in [2.05, 4.69) is 11.4 Å². The molecule has 0 bridgehead atoms. The van der Waals surface area contributed by atoms with E-state index in [9.17, 15) is 9.59 Å². The first kappa shape index (κ1) is 16.1. The van der Waals surface area contributed by atoms with Gasteiger partial charge in [-0.3, -0.25) is 4.79 Å². The Morgan fingerprint density at radius 1 is 1.39 bits per heavy atom. The molecule has 5 nitrogen and oxygen atoms in total. The molecule has 1 heterocycles. The van der Waals surface area contributed by atoms with Gasteiger partial charge in [-0.1, -0.05) is 23.7 Å². The van der Waals surface area contributed by atoms with E-state index in [1.165, 1.54) is 5.56 Å². The molecule has 6 heteroatoms. The number of carbonyl (C=O) groups is 2. The van der Waals surface area contributed by atoms with Gasteiger partial charge in [-0.15, -0.1) is 0 Å². The van der Waals surface area contributed by atoms with Gasteiger partial charge >= 0.3 is 12.0 Å². The highest BCUT2D eigenvalue weighted by atomic mass is 35.5. The van der Waals surface area contributed by atoms with Crippen molar-refractivity contribution in [1.82, 2.24) is 10.2 Å². The molecule has 1 aromatic carbocycles. The molecule has 0 aromatic heterocycles. The van der Waals surface area contributed by atoms with Crippen molar-refractivity contribution < 1.29 is 14.7 Å². The van der Waals surface area contributed by atoms with E-state index >= 15 is 0 Å². The summed E-state index contributed by atoms with van der Waals surface area (Å²) >= 11 is 6.02. The summed E-state index contributed by atoms with van der Waals surface area (Å²) in [6, 6.07) is 7.69. The first-order valence-electron chi connectivity index (χ1n) is 7.97. The summed E-state index contributed by atoms with van der Waals surface area (Å²) in [5.41, 5.74) is 1.32. The SMILES string of the molecule is O=C(O)C1CCN(C(=O)NCC2(Cc3cccc(Cl)c3)CC2)C1. The predicted octanol–water partition coefficient (Wildman–Crippen LogP) is 2.78. The van der Waals surface area contributed by atoms with E-state index in [1.807, 2.05) is 18.2 Å². The van der Waals surface area contributed by atoms with Gasteiger partial charge in [0.1, 0.15) is 0 Å². The van der Waals surface area contributed by atoms with Crippen molar-refractivity contribution in [2.45, 2.75) is 25.7 Å². The molecular weight excluding hydrogens is 316 g/mol. The van der Waals surface area contributed by atoms with Crippen molar-refractivity contribution in [1.29, 1.82) is 0 Å². The van der Waals surface area contributed by atoms with Crippen molar-refractivity contribution in [3.63, 3.8) is 0 Å². The second-order valence-electron chi connectivity index (χ2n) is 6.74. The van der Waals surface area contributed by atoms with Crippen LogP contribution in [0.2, 0.25) is 5.02 Å². The topological polar surface area (TPSA) is 69.6 Å². The van der Waals surface area contributed by atoms with Gasteiger partial charge in [0.05, 0.1) is 5.92 Å². The molecule has 2 aliphatic rings. The van der Waals surface area contributed by atoms with E-state index in [4.69, 9.17) is 16.7 Å². The number of urea groups is 1. The third-order valence-electron chi connectivity index (χ3n) is 4.86. The first-order chi connectivity index (χ1) is 11.0. The lowest BCUT2D eigenvalue weighted by Gasteiger charge is -2.21. The minimum absolute atomic E-state index is 0.131. The Kier molecular flexibility index (Phi) is 4.48. The normalized spacial score (nSPS) is 22.0. The van der Waals surface area contributed by atoms with Crippen LogP contribution in [0.5, 0.6) is 0 Å². The van der Waals surface area contributed by atoms with Crippen LogP contribution < -0.4 is 5.32 Å². The van der Waals surface area contributed by atoms with Crippen molar-refractivity contribution in [2.24, 2.45) is 11.3 Å². The lowest BCUT2D eigenvalue weighted by atomic mass is 9.96. The Balaban J connectivity index is 1.50. The Morgan fingerprint density at radius 2 is 2.17 bits per heavy atom. The third-order valence-corrected chi connectivity index (χ3v) is 5.10. The average Bonchev–Trinajstić information content (AvgIpc) is 3.08. The number of hydrogen-bond acceptors (Lipinski definition) is 2. The fourth-order valence-electron chi connectivity index (χ4n) is 3.19. The smallest absolute Gasteiger partial charge is 0.317 e. The largest absolute Gasteiger partial charge is 0.481 e. The minimum Gasteiger partial charge on any atom is -0.481 e. The van der Waals surface area contributed by atoms with Crippen LogP contribution in [0.1, 0.15) is 24.8 Å². The van der Waals surface area contributed by atoms with Crippen LogP contribution in [0.25, 0.3) is 0 Å². The van der Waals surface area contributed by atoms with Gasteiger partial charge in [0.25, 0.3) is 0 Å². The summed E-state index contributed by atoms with van der Waals surface area (Å²) in [7, 11) is 0. The van der Waals surface area contributed by atoms with E-state index in [0.717, 1.165) is 24.3 Å². The lowest BCUT2D eigenvalue weighted by molar-refractivity contribution is -0.141. The second kappa shape index (κ2) is 6.40. The van der Waals surface area contributed by atoms with E-state index < -0.39 is 11.9 Å². The molecule has 1 saturated heterocycles. The van der Waals surface area contributed by atoms with Gasteiger partial charge in [-0.2, -0.15) is 0 Å². The monoisotopic (exact) mass is 336 g/mol. The molecule has 1 aliphatic carbocycles. The van der Waals surface area contributed by atoms with E-state index in [0.29, 0.717) is 26.1 Å². The average molecular weight is 337 g/mol. The number of carbonyl (C=O) groups excluding carboxylic acids is 1. The quantitative estimate of drug-likeness (QED) is 0.868. The van der Waals surface area contributed by atoms with Gasteiger partial charge in [-0.05, 0) is 48.8 Å². The zero-order chi connectivity index (χ0) is 16.4. The van der Waals surface area contributed by atoms with Crippen LogP contribution in [0.4, 0.5) is 4.79 Å². The van der Waals surface area contributed by atoms with E-state index in [-0.39, 0.29) is 11.4 Å². The van der Waals surface area contributed by atoms with Gasteiger partial charge in [-0.25, -0.2) is 4.79 Å². The summed E-state index contributed by atoms with van der Waals surface area (Å²) in [6.07, 6.45) is 3.64. The number of nitrogens with zero attached hydrogens (tertiary/aromatic N) is 1. The molecule has 0 radical (unpaired) electrons. The Labute approximate surface area is 140 Å². The maximum atomic E-state index is 12.2. The third kappa shape index (κ3) is 3.96. The molecule has 0 spiro atoms. The highest BCUT2D eigenvalue weighted by Crippen LogP contribution is 2.48. The Morgan fingerprint density at radius 3 is 2.78 bits per heavy atom. The second-order valence-corrected chi connectivity index (χ2v) is 7.17. The number of aliphatic carboxylic acids is 1. The molecule has 1 unspecified atom stereocenters. The van der Waals surface area contributed by atoms with Crippen LogP contribution in [0.3, 0.4) is 0 Å². The molecule has 124 valence electrons. The van der Waals surface area contributed by atoms with Gasteiger partial charge in [0.15, 0.2) is 0 Å². The minimum atomic E-state index is -0.820. The zero-order valence-electron chi connectivity index (χ0n) is 12.9. The molecule has 23 heavy (non-hydrogen) atoms. The molecule has 2 N–H and O–H groups in total. The summed E-state index contributed by atoms with van der Waals surface area (Å²) in [5.74, 6) is -1.25. The highest BCUT2D eigenvalue weighted by Gasteiger charge is 2.43. The Hall–Kier alpha value is -1.75. The fourth-order valence-corrected chi connectivity index (χ4v) is 3.41. The molecule has 1 atom stereocenters. The molecule has 1 aliphatic heterocycles. The zero-order valence-corrected chi connectivity index (χ0v) is 13.7. The number of benzene rings is 1. The van der Waals surface area contributed by atoms with E-state index in [1.54, 1.807) is 4.90 Å². The summed E-state index contributed by atoms with van der Waals surface area (Å²) < 4.78 is 0. The molecule has 1 aromatic rings. The fraction of sp³-hybridized carbons (Fsp3) is 0.529. The predicted molar refractivity (Wildman–Crippen MR) is 87.5 cm³/mol. The number of rotatable bonds is 5. The standard InChI is InChI=1S/C17H21ClN2O3/c18-14-3-1-2-12(8-14)9-17(5-6-17)11-19-16(23)20-7-4-13(10-20)15(21)22/h1-3,8,13H,4-7,9-11H2,(H,19,23)(H,21,22). The molecule has 2 fully saturated rings. The van der Waals surface area contributed by atoms with Gasteiger partial charge < -0.3 is 15.3 Å². The Bertz CT molecular complexity index is 616. The summed E-state index contributed by atoms with van der Waals surface area (Å²) in [4.78, 5) is 24.8. The summed E-state index contributed by atoms with van der Waals surface area (Å²) in [6.45, 7) is 1.46. The summed E-state index contributed by atoms with van der Waals surface area (Å²) in [5, 5.41) is 12.7. The number of likely N-dealkylation sites (tertiary alicyclic amines) is 1. The maximum Gasteiger partial charge on any atom is 0.317 e. The van der Waals surface area contributed by atoms with Crippen LogP contribution in [-0.2, 0) is 11.2 Å². The van der Waals surface area contributed by atoms with Crippen molar-refractivity contribution in [2.75, 3.05) is 19.6 Å². The lowest BCUT2D eigenvalue weighted by Crippen LogP contribution is -2.41. The first-order valence-corrected chi connectivity index (χ1v) is 8.35. The number of carboxylic acid groups (broad SMARTS) is 1. The highest BCUT2D eigenvalue weighted by molar-refractivity contribution is 6.30. The van der Waals surface area contributed by atoms with Gasteiger partial charge in [0.2, 0.25) is 0 Å². The molecule has 1 saturated carbocycles. The number of halogens is 1. The number of amides is 2. The van der Waals surface area contributed by atoms with Crippen molar-refractivity contribution in [3.8, 4) is 0 Å². The van der Waals surface area contributed by atoms with Crippen LogP contribution in [0.15, 0.2) is 24.3 Å². The van der Waals surface area contributed by atoms with Crippen molar-refractivity contribution in [3.05, 3.63) is 34.9 Å². The number of hydrogen-bond donors (Lipinski definition) is 2. The number of carboxylic acids is 1. The van der Waals surface area contributed by atoms with Crippen molar-refractivity contribution >= 4 is 23.6 Å². The number of nitrogens with one attached hydrogen (secondary N) is 1.